The number of hydrogen-bond donors (Lipinski definition) is 1. The Labute approximate surface area is 167 Å². The second-order valence-corrected chi connectivity index (χ2v) is 9.33. The van der Waals surface area contributed by atoms with Gasteiger partial charge in [0.05, 0.1) is 11.7 Å². The molecule has 1 heterocycles. The maximum absolute atomic E-state index is 12.8. The van der Waals surface area contributed by atoms with Crippen LogP contribution in [0.25, 0.3) is 0 Å². The van der Waals surface area contributed by atoms with E-state index in [1.165, 1.54) is 0 Å². The van der Waals surface area contributed by atoms with Gasteiger partial charge in [-0.3, -0.25) is 4.79 Å². The van der Waals surface area contributed by atoms with Gasteiger partial charge < -0.3 is 5.32 Å². The molecule has 0 saturated carbocycles. The molecule has 1 amide bonds. The molecular formula is C22H28N2O3S. The van der Waals surface area contributed by atoms with Crippen LogP contribution in [0, 0.1) is 0 Å². The van der Waals surface area contributed by atoms with E-state index in [9.17, 15) is 13.2 Å². The van der Waals surface area contributed by atoms with Crippen molar-refractivity contribution in [2.45, 2.75) is 45.6 Å². The largest absolute Gasteiger partial charge is 0.326 e. The van der Waals surface area contributed by atoms with E-state index in [1.807, 2.05) is 62.4 Å². The molecule has 3 rings (SSSR count). The normalized spacial score (nSPS) is 15.6. The summed E-state index contributed by atoms with van der Waals surface area (Å²) in [7, 11) is -3.22. The highest BCUT2D eigenvalue weighted by molar-refractivity contribution is 7.89. The fourth-order valence-corrected chi connectivity index (χ4v) is 5.20. The highest BCUT2D eigenvalue weighted by Crippen LogP contribution is 2.26. The Morgan fingerprint density at radius 2 is 1.86 bits per heavy atom. The predicted octanol–water partition coefficient (Wildman–Crippen LogP) is 3.92. The molecule has 0 spiro atoms. The molecule has 0 aliphatic carbocycles. The molecule has 0 aromatic heterocycles. The lowest BCUT2D eigenvalue weighted by Crippen LogP contribution is -2.37. The SMILES string of the molecule is CCCS(=O)(=O)N1CCc2ccc(NC(=O)C(CC)c3ccccc3)cc2C1. The van der Waals surface area contributed by atoms with E-state index in [4.69, 9.17) is 0 Å². The third kappa shape index (κ3) is 4.62. The third-order valence-electron chi connectivity index (χ3n) is 5.23. The number of anilines is 1. The first-order valence-electron chi connectivity index (χ1n) is 9.90. The lowest BCUT2D eigenvalue weighted by molar-refractivity contribution is -0.117. The maximum atomic E-state index is 12.8. The van der Waals surface area contributed by atoms with Crippen LogP contribution in [0.2, 0.25) is 0 Å². The summed E-state index contributed by atoms with van der Waals surface area (Å²) in [6.45, 7) is 4.77. The Morgan fingerprint density at radius 3 is 2.54 bits per heavy atom. The number of sulfonamides is 1. The summed E-state index contributed by atoms with van der Waals surface area (Å²) in [6.07, 6.45) is 2.03. The number of amides is 1. The van der Waals surface area contributed by atoms with Gasteiger partial charge in [0.25, 0.3) is 0 Å². The van der Waals surface area contributed by atoms with Crippen molar-refractivity contribution in [1.82, 2.24) is 4.31 Å². The minimum Gasteiger partial charge on any atom is -0.326 e. The average Bonchev–Trinajstić information content (AvgIpc) is 2.69. The van der Waals surface area contributed by atoms with Gasteiger partial charge in [0.2, 0.25) is 15.9 Å². The maximum Gasteiger partial charge on any atom is 0.231 e. The number of nitrogens with one attached hydrogen (secondary N) is 1. The molecule has 2 aromatic rings. The third-order valence-corrected chi connectivity index (χ3v) is 7.26. The summed E-state index contributed by atoms with van der Waals surface area (Å²) in [5, 5.41) is 3.01. The number of hydrogen-bond acceptors (Lipinski definition) is 3. The molecule has 150 valence electrons. The number of benzene rings is 2. The van der Waals surface area contributed by atoms with Gasteiger partial charge in [0, 0.05) is 18.8 Å². The van der Waals surface area contributed by atoms with Crippen molar-refractivity contribution in [1.29, 1.82) is 0 Å². The highest BCUT2D eigenvalue weighted by Gasteiger charge is 2.26. The number of carbonyl (C=O) groups excluding carboxylic acids is 1. The number of nitrogens with zero attached hydrogens (tertiary/aromatic N) is 1. The van der Waals surface area contributed by atoms with Crippen molar-refractivity contribution in [2.24, 2.45) is 0 Å². The number of fused-ring (bicyclic) bond motifs is 1. The molecule has 5 nitrogen and oxygen atoms in total. The van der Waals surface area contributed by atoms with Crippen molar-refractivity contribution in [3.8, 4) is 0 Å². The fourth-order valence-electron chi connectivity index (χ4n) is 3.72. The molecule has 0 radical (unpaired) electrons. The van der Waals surface area contributed by atoms with Crippen molar-refractivity contribution >= 4 is 21.6 Å². The highest BCUT2D eigenvalue weighted by atomic mass is 32.2. The van der Waals surface area contributed by atoms with Gasteiger partial charge in [0.15, 0.2) is 0 Å². The summed E-state index contributed by atoms with van der Waals surface area (Å²) >= 11 is 0. The van der Waals surface area contributed by atoms with Gasteiger partial charge in [0.1, 0.15) is 0 Å². The first-order valence-corrected chi connectivity index (χ1v) is 11.5. The lowest BCUT2D eigenvalue weighted by atomic mass is 9.95. The Morgan fingerprint density at radius 1 is 1.11 bits per heavy atom. The second kappa shape index (κ2) is 8.88. The molecule has 1 aliphatic heterocycles. The van der Waals surface area contributed by atoms with Crippen LogP contribution in [-0.4, -0.2) is 30.9 Å². The van der Waals surface area contributed by atoms with Crippen LogP contribution >= 0.6 is 0 Å². The Hall–Kier alpha value is -2.18. The summed E-state index contributed by atoms with van der Waals surface area (Å²) in [5.41, 5.74) is 3.83. The monoisotopic (exact) mass is 400 g/mol. The molecular weight excluding hydrogens is 372 g/mol. The van der Waals surface area contributed by atoms with Crippen molar-refractivity contribution < 1.29 is 13.2 Å². The molecule has 0 fully saturated rings. The summed E-state index contributed by atoms with van der Waals surface area (Å²) in [6, 6.07) is 15.6. The molecule has 0 saturated heterocycles. The zero-order valence-corrected chi connectivity index (χ0v) is 17.3. The molecule has 1 N–H and O–H groups in total. The Kier molecular flexibility index (Phi) is 6.52. The van der Waals surface area contributed by atoms with E-state index >= 15 is 0 Å². The minimum absolute atomic E-state index is 0.0417. The Bertz CT molecular complexity index is 926. The van der Waals surface area contributed by atoms with Gasteiger partial charge in [-0.15, -0.1) is 0 Å². The van der Waals surface area contributed by atoms with E-state index in [2.05, 4.69) is 5.32 Å². The van der Waals surface area contributed by atoms with Gasteiger partial charge in [-0.05, 0) is 48.1 Å². The van der Waals surface area contributed by atoms with Crippen LogP contribution in [-0.2, 0) is 27.8 Å². The molecule has 1 aliphatic rings. The van der Waals surface area contributed by atoms with Crippen LogP contribution in [0.3, 0.4) is 0 Å². The van der Waals surface area contributed by atoms with Gasteiger partial charge in [-0.25, -0.2) is 8.42 Å². The van der Waals surface area contributed by atoms with Crippen molar-refractivity contribution in [3.05, 3.63) is 65.2 Å². The first-order chi connectivity index (χ1) is 13.4. The van der Waals surface area contributed by atoms with Crippen LogP contribution in [0.5, 0.6) is 0 Å². The smallest absolute Gasteiger partial charge is 0.231 e. The summed E-state index contributed by atoms with van der Waals surface area (Å²) < 4.78 is 26.4. The second-order valence-electron chi connectivity index (χ2n) is 7.24. The minimum atomic E-state index is -3.22. The van der Waals surface area contributed by atoms with Crippen molar-refractivity contribution in [2.75, 3.05) is 17.6 Å². The predicted molar refractivity (Wildman–Crippen MR) is 113 cm³/mol. The van der Waals surface area contributed by atoms with E-state index in [1.54, 1.807) is 4.31 Å². The topological polar surface area (TPSA) is 66.5 Å². The van der Waals surface area contributed by atoms with E-state index in [0.29, 0.717) is 38.0 Å². The standard InChI is InChI=1S/C22H28N2O3S/c1-3-14-28(26,27)24-13-12-17-10-11-20(15-19(17)16-24)23-22(25)21(4-2)18-8-6-5-7-9-18/h5-11,15,21H,3-4,12-14,16H2,1-2H3,(H,23,25). The zero-order valence-electron chi connectivity index (χ0n) is 16.5. The quantitative estimate of drug-likeness (QED) is 0.766. The molecule has 2 aromatic carbocycles. The van der Waals surface area contributed by atoms with Crippen LogP contribution < -0.4 is 5.32 Å². The molecule has 28 heavy (non-hydrogen) atoms. The van der Waals surface area contributed by atoms with Crippen molar-refractivity contribution in [3.63, 3.8) is 0 Å². The van der Waals surface area contributed by atoms with Gasteiger partial charge in [-0.2, -0.15) is 4.31 Å². The number of rotatable bonds is 7. The van der Waals surface area contributed by atoms with Gasteiger partial charge >= 0.3 is 0 Å². The summed E-state index contributed by atoms with van der Waals surface area (Å²) in [5.74, 6) is -0.0767. The first kappa shape index (κ1) is 20.6. The van der Waals surface area contributed by atoms with E-state index < -0.39 is 10.0 Å². The molecule has 6 heteroatoms. The fraction of sp³-hybridized carbons (Fsp3) is 0.409. The van der Waals surface area contributed by atoms with E-state index in [0.717, 1.165) is 16.7 Å². The van der Waals surface area contributed by atoms with Crippen LogP contribution in [0.1, 0.15) is 49.3 Å². The summed E-state index contributed by atoms with van der Waals surface area (Å²) in [4.78, 5) is 12.8. The zero-order chi connectivity index (χ0) is 20.1. The van der Waals surface area contributed by atoms with Crippen LogP contribution in [0.15, 0.2) is 48.5 Å². The van der Waals surface area contributed by atoms with Gasteiger partial charge in [-0.1, -0.05) is 50.2 Å². The Balaban J connectivity index is 1.76. The van der Waals surface area contributed by atoms with E-state index in [-0.39, 0.29) is 17.6 Å². The lowest BCUT2D eigenvalue weighted by Gasteiger charge is -2.28. The van der Waals surface area contributed by atoms with Crippen LogP contribution in [0.4, 0.5) is 5.69 Å². The molecule has 1 unspecified atom stereocenters. The average molecular weight is 401 g/mol. The molecule has 0 bridgehead atoms. The number of carbonyl (C=O) groups is 1. The molecule has 1 atom stereocenters.